The average molecular weight is 442 g/mol. The molecule has 2 aromatic carbocycles. The van der Waals surface area contributed by atoms with Crippen molar-refractivity contribution in [1.29, 1.82) is 0 Å². The molecule has 0 saturated heterocycles. The van der Waals surface area contributed by atoms with Crippen LogP contribution in [0.5, 0.6) is 0 Å². The standard InChI is InChI=1S/C21H22N4O5S/c1-3-30-21(27)19-12-23-25(14(19)2)18-9-7-16(8-10-18)20(26)24-17-6-4-5-15(11-17)13-31(22,28)29/h4-12H,3,13H2,1-2H3,(H,24,26)(H2,22,28,29). The van der Waals surface area contributed by atoms with E-state index in [0.717, 1.165) is 0 Å². The molecule has 0 bridgehead atoms. The van der Waals surface area contributed by atoms with E-state index >= 15 is 0 Å². The van der Waals surface area contributed by atoms with Crippen molar-refractivity contribution in [3.63, 3.8) is 0 Å². The van der Waals surface area contributed by atoms with Crippen molar-refractivity contribution in [1.82, 2.24) is 9.78 Å². The predicted octanol–water partition coefficient (Wildman–Crippen LogP) is 2.40. The Bertz CT molecular complexity index is 1220. The number of nitrogens with zero attached hydrogens (tertiary/aromatic N) is 2. The fourth-order valence-electron chi connectivity index (χ4n) is 3.01. The molecule has 0 unspecified atom stereocenters. The Morgan fingerprint density at radius 3 is 2.52 bits per heavy atom. The Balaban J connectivity index is 1.74. The number of benzene rings is 2. The van der Waals surface area contributed by atoms with Crippen molar-refractivity contribution in [2.75, 3.05) is 11.9 Å². The van der Waals surface area contributed by atoms with Crippen molar-refractivity contribution in [2.24, 2.45) is 5.14 Å². The van der Waals surface area contributed by atoms with Crippen LogP contribution in [0.15, 0.2) is 54.7 Å². The summed E-state index contributed by atoms with van der Waals surface area (Å²) in [5.41, 5.74) is 3.01. The molecule has 1 heterocycles. The summed E-state index contributed by atoms with van der Waals surface area (Å²) in [6.45, 7) is 3.77. The van der Waals surface area contributed by atoms with E-state index in [1.807, 2.05) is 0 Å². The van der Waals surface area contributed by atoms with E-state index in [2.05, 4.69) is 10.4 Å². The number of rotatable bonds is 7. The minimum absolute atomic E-state index is 0.276. The first-order chi connectivity index (χ1) is 14.7. The highest BCUT2D eigenvalue weighted by atomic mass is 32.2. The molecule has 9 nitrogen and oxygen atoms in total. The van der Waals surface area contributed by atoms with Gasteiger partial charge in [0.1, 0.15) is 5.56 Å². The van der Waals surface area contributed by atoms with Crippen LogP contribution in [0.25, 0.3) is 5.69 Å². The lowest BCUT2D eigenvalue weighted by atomic mass is 10.1. The third kappa shape index (κ3) is 5.56. The third-order valence-electron chi connectivity index (χ3n) is 4.43. The van der Waals surface area contributed by atoms with E-state index in [1.54, 1.807) is 67.1 Å². The minimum Gasteiger partial charge on any atom is -0.462 e. The quantitative estimate of drug-likeness (QED) is 0.540. The molecule has 0 aliphatic rings. The summed E-state index contributed by atoms with van der Waals surface area (Å²) < 4.78 is 29.1. The second-order valence-electron chi connectivity index (χ2n) is 6.78. The summed E-state index contributed by atoms with van der Waals surface area (Å²) in [5, 5.41) is 12.0. The molecule has 162 valence electrons. The Morgan fingerprint density at radius 2 is 1.87 bits per heavy atom. The Kier molecular flexibility index (Phi) is 6.52. The smallest absolute Gasteiger partial charge is 0.341 e. The van der Waals surface area contributed by atoms with Crippen molar-refractivity contribution in [3.05, 3.63) is 77.1 Å². The lowest BCUT2D eigenvalue weighted by Crippen LogP contribution is -2.15. The zero-order valence-corrected chi connectivity index (χ0v) is 17.8. The van der Waals surface area contributed by atoms with Crippen LogP contribution >= 0.6 is 0 Å². The second-order valence-corrected chi connectivity index (χ2v) is 8.40. The van der Waals surface area contributed by atoms with Gasteiger partial charge in [-0.1, -0.05) is 12.1 Å². The molecule has 3 aromatic rings. The van der Waals surface area contributed by atoms with Crippen molar-refractivity contribution < 1.29 is 22.7 Å². The first-order valence-electron chi connectivity index (χ1n) is 9.41. The molecule has 1 amide bonds. The lowest BCUT2D eigenvalue weighted by molar-refractivity contribution is 0.0525. The molecule has 0 atom stereocenters. The van der Waals surface area contributed by atoms with Crippen molar-refractivity contribution in [2.45, 2.75) is 19.6 Å². The summed E-state index contributed by atoms with van der Waals surface area (Å²) in [6, 6.07) is 13.1. The highest BCUT2D eigenvalue weighted by Gasteiger charge is 2.16. The van der Waals surface area contributed by atoms with Crippen LogP contribution in [0.1, 0.15) is 38.9 Å². The zero-order valence-electron chi connectivity index (χ0n) is 17.0. The minimum atomic E-state index is -3.67. The molecule has 0 radical (unpaired) electrons. The number of amides is 1. The molecule has 3 N–H and O–H groups in total. The van der Waals surface area contributed by atoms with E-state index in [9.17, 15) is 18.0 Å². The van der Waals surface area contributed by atoms with E-state index in [4.69, 9.17) is 9.88 Å². The third-order valence-corrected chi connectivity index (χ3v) is 5.17. The fourth-order valence-corrected chi connectivity index (χ4v) is 3.65. The normalized spacial score (nSPS) is 11.2. The number of nitrogens with one attached hydrogen (secondary N) is 1. The van der Waals surface area contributed by atoms with Crippen LogP contribution in [-0.2, 0) is 20.5 Å². The Hall–Kier alpha value is -3.50. The maximum Gasteiger partial charge on any atom is 0.341 e. The number of hydrogen-bond donors (Lipinski definition) is 2. The monoisotopic (exact) mass is 442 g/mol. The number of hydrogen-bond acceptors (Lipinski definition) is 6. The summed E-state index contributed by atoms with van der Waals surface area (Å²) in [5.74, 6) is -1.11. The van der Waals surface area contributed by atoms with Crippen LogP contribution in [-0.4, -0.2) is 36.7 Å². The molecule has 1 aromatic heterocycles. The first kappa shape index (κ1) is 22.2. The number of nitrogens with two attached hydrogens (primary N) is 1. The summed E-state index contributed by atoms with van der Waals surface area (Å²) >= 11 is 0. The maximum absolute atomic E-state index is 12.6. The fraction of sp³-hybridized carbons (Fsp3) is 0.190. The largest absolute Gasteiger partial charge is 0.462 e. The zero-order chi connectivity index (χ0) is 22.6. The Labute approximate surface area is 179 Å². The van der Waals surface area contributed by atoms with Gasteiger partial charge in [0, 0.05) is 11.3 Å². The van der Waals surface area contributed by atoms with Gasteiger partial charge in [0.15, 0.2) is 0 Å². The number of anilines is 1. The molecule has 0 fully saturated rings. The lowest BCUT2D eigenvalue weighted by Gasteiger charge is -2.09. The van der Waals surface area contributed by atoms with Crippen LogP contribution in [0.2, 0.25) is 0 Å². The van der Waals surface area contributed by atoms with Gasteiger partial charge in [-0.2, -0.15) is 5.10 Å². The maximum atomic E-state index is 12.6. The van der Waals surface area contributed by atoms with Gasteiger partial charge in [0.2, 0.25) is 10.0 Å². The van der Waals surface area contributed by atoms with Gasteiger partial charge in [0.05, 0.1) is 29.9 Å². The highest BCUT2D eigenvalue weighted by molar-refractivity contribution is 7.88. The number of carbonyl (C=O) groups excluding carboxylic acids is 2. The molecule has 0 aliphatic carbocycles. The SMILES string of the molecule is CCOC(=O)c1cnn(-c2ccc(C(=O)Nc3cccc(CS(N)(=O)=O)c3)cc2)c1C. The van der Waals surface area contributed by atoms with E-state index < -0.39 is 16.0 Å². The van der Waals surface area contributed by atoms with Crippen LogP contribution in [0.3, 0.4) is 0 Å². The highest BCUT2D eigenvalue weighted by Crippen LogP contribution is 2.18. The van der Waals surface area contributed by atoms with Crippen molar-refractivity contribution in [3.8, 4) is 5.69 Å². The molecular formula is C21H22N4O5S. The number of esters is 1. The number of ether oxygens (including phenoxy) is 1. The first-order valence-corrected chi connectivity index (χ1v) is 11.1. The molecule has 0 aliphatic heterocycles. The molecule has 10 heteroatoms. The van der Waals surface area contributed by atoms with Gasteiger partial charge in [-0.15, -0.1) is 0 Å². The summed E-state index contributed by atoms with van der Waals surface area (Å²) in [7, 11) is -3.67. The van der Waals surface area contributed by atoms with Gasteiger partial charge >= 0.3 is 5.97 Å². The van der Waals surface area contributed by atoms with Gasteiger partial charge in [-0.05, 0) is 55.8 Å². The summed E-state index contributed by atoms with van der Waals surface area (Å²) in [4.78, 5) is 24.5. The average Bonchev–Trinajstić information content (AvgIpc) is 3.08. The van der Waals surface area contributed by atoms with Gasteiger partial charge in [-0.3, -0.25) is 4.79 Å². The van der Waals surface area contributed by atoms with Crippen LogP contribution in [0, 0.1) is 6.92 Å². The van der Waals surface area contributed by atoms with E-state index in [-0.39, 0.29) is 18.3 Å². The van der Waals surface area contributed by atoms with Gasteiger partial charge in [-0.25, -0.2) is 23.0 Å². The molecule has 0 spiro atoms. The molecule has 0 saturated carbocycles. The van der Waals surface area contributed by atoms with Gasteiger partial charge < -0.3 is 10.1 Å². The Morgan fingerprint density at radius 1 is 1.16 bits per heavy atom. The molecule has 3 rings (SSSR count). The molecule has 31 heavy (non-hydrogen) atoms. The number of sulfonamides is 1. The van der Waals surface area contributed by atoms with Gasteiger partial charge in [0.25, 0.3) is 5.91 Å². The number of carbonyl (C=O) groups is 2. The predicted molar refractivity (Wildman–Crippen MR) is 115 cm³/mol. The van der Waals surface area contributed by atoms with E-state index in [1.165, 1.54) is 6.20 Å². The topological polar surface area (TPSA) is 133 Å². The number of aromatic nitrogens is 2. The summed E-state index contributed by atoms with van der Waals surface area (Å²) in [6.07, 6.45) is 1.45. The van der Waals surface area contributed by atoms with Crippen LogP contribution in [0.4, 0.5) is 5.69 Å². The molecular weight excluding hydrogens is 420 g/mol. The second kappa shape index (κ2) is 9.11. The van der Waals surface area contributed by atoms with Crippen molar-refractivity contribution >= 4 is 27.6 Å². The van der Waals surface area contributed by atoms with Crippen LogP contribution < -0.4 is 10.5 Å². The number of primary sulfonamides is 1. The van der Waals surface area contributed by atoms with E-state index in [0.29, 0.717) is 33.8 Å².